The van der Waals surface area contributed by atoms with Gasteiger partial charge in [-0.3, -0.25) is 0 Å². The highest BCUT2D eigenvalue weighted by Gasteiger charge is 2.54. The number of hydrogen-bond donors (Lipinski definition) is 9. The number of rotatable bonds is 15. The van der Waals surface area contributed by atoms with Gasteiger partial charge in [0, 0.05) is 6.08 Å². The van der Waals surface area contributed by atoms with Crippen LogP contribution in [0.2, 0.25) is 0 Å². The number of hydrogen-bond acceptors (Lipinski definition) is 19. The summed E-state index contributed by atoms with van der Waals surface area (Å²) < 4.78 is 50.8. The molecule has 0 bridgehead atoms. The summed E-state index contributed by atoms with van der Waals surface area (Å²) in [6, 6.07) is 8.94. The average molecular weight is 785 g/mol. The molecule has 0 aromatic heterocycles. The van der Waals surface area contributed by atoms with Gasteiger partial charge in [0.1, 0.15) is 48.3 Å². The van der Waals surface area contributed by atoms with Crippen LogP contribution in [0.25, 0.3) is 6.08 Å². The standard InChI is InChI=1S/C36H48O19/c1-17-26(41)27(42)28(43)34(52-17)55-31-29(44)33(49-11-10-19-5-8-21(39)23(13-19)48-3)53-24(14-50-35-32(45)36(46,15-37)16-51-35)30(31)54-25(40)9-6-18-4-7-20(38)22(12-18)47-2/h4-9,12-13,17,24,26-35,37-39,41-46H,10-11,14-16H2,1-3H3/b9-6-/t17-,24+,26-,27+,28+,29+,30+,31+,32-,33+,34-,35+,36+/m0/s1. The molecule has 3 aliphatic heterocycles. The summed E-state index contributed by atoms with van der Waals surface area (Å²) in [5.41, 5.74) is -0.920. The topological polar surface area (TPSA) is 282 Å². The Bertz CT molecular complexity index is 1610. The van der Waals surface area contributed by atoms with Crippen LogP contribution in [-0.2, 0) is 44.4 Å². The third kappa shape index (κ3) is 9.84. The van der Waals surface area contributed by atoms with Crippen LogP contribution in [0.1, 0.15) is 18.1 Å². The van der Waals surface area contributed by atoms with E-state index in [1.54, 1.807) is 12.1 Å². The van der Waals surface area contributed by atoms with Gasteiger partial charge in [-0.25, -0.2) is 4.79 Å². The maximum absolute atomic E-state index is 13.4. The molecule has 3 aliphatic rings. The van der Waals surface area contributed by atoms with Gasteiger partial charge in [0.25, 0.3) is 0 Å². The minimum atomic E-state index is -2.04. The first-order chi connectivity index (χ1) is 26.2. The van der Waals surface area contributed by atoms with E-state index < -0.39 is 105 Å². The number of benzene rings is 2. The van der Waals surface area contributed by atoms with E-state index >= 15 is 0 Å². The summed E-state index contributed by atoms with van der Waals surface area (Å²) in [6.07, 6.45) is -16.3. The van der Waals surface area contributed by atoms with Crippen LogP contribution in [0.15, 0.2) is 42.5 Å². The Kier molecular flexibility index (Phi) is 14.3. The van der Waals surface area contributed by atoms with Gasteiger partial charge in [-0.05, 0) is 54.8 Å². The maximum atomic E-state index is 13.4. The highest BCUT2D eigenvalue weighted by Crippen LogP contribution is 2.34. The Morgan fingerprint density at radius 3 is 2.22 bits per heavy atom. The molecule has 0 amide bonds. The monoisotopic (exact) mass is 784 g/mol. The Morgan fingerprint density at radius 1 is 0.855 bits per heavy atom. The average Bonchev–Trinajstić information content (AvgIpc) is 3.47. The summed E-state index contributed by atoms with van der Waals surface area (Å²) in [7, 11) is 2.74. The van der Waals surface area contributed by atoms with Crippen LogP contribution in [0.3, 0.4) is 0 Å². The van der Waals surface area contributed by atoms with E-state index in [2.05, 4.69) is 0 Å². The first kappa shape index (κ1) is 42.5. The quantitative estimate of drug-likeness (QED) is 0.0701. The van der Waals surface area contributed by atoms with Crippen molar-refractivity contribution in [2.75, 3.05) is 40.6 Å². The molecule has 19 heteroatoms. The summed E-state index contributed by atoms with van der Waals surface area (Å²) in [6.45, 7) is -0.557. The molecule has 2 aromatic carbocycles. The minimum Gasteiger partial charge on any atom is -0.504 e. The second kappa shape index (κ2) is 18.5. The second-order valence-electron chi connectivity index (χ2n) is 13.3. The first-order valence-electron chi connectivity index (χ1n) is 17.4. The number of carbonyl (C=O) groups excluding carboxylic acids is 1. The van der Waals surface area contributed by atoms with Gasteiger partial charge in [0.05, 0.1) is 46.8 Å². The van der Waals surface area contributed by atoms with Gasteiger partial charge < -0.3 is 88.6 Å². The van der Waals surface area contributed by atoms with E-state index in [0.29, 0.717) is 11.1 Å². The van der Waals surface area contributed by atoms with Crippen LogP contribution in [0.5, 0.6) is 23.0 Å². The maximum Gasteiger partial charge on any atom is 0.331 e. The van der Waals surface area contributed by atoms with E-state index in [1.165, 1.54) is 51.5 Å². The molecule has 9 N–H and O–H groups in total. The van der Waals surface area contributed by atoms with Gasteiger partial charge in [-0.15, -0.1) is 0 Å². The van der Waals surface area contributed by atoms with Crippen LogP contribution in [0.4, 0.5) is 0 Å². The summed E-state index contributed by atoms with van der Waals surface area (Å²) >= 11 is 0. The molecular weight excluding hydrogens is 736 g/mol. The predicted molar refractivity (Wildman–Crippen MR) is 184 cm³/mol. The van der Waals surface area contributed by atoms with Crippen molar-refractivity contribution >= 4 is 12.0 Å². The highest BCUT2D eigenvalue weighted by molar-refractivity contribution is 5.87. The van der Waals surface area contributed by atoms with Gasteiger partial charge >= 0.3 is 5.97 Å². The molecule has 5 rings (SSSR count). The second-order valence-corrected chi connectivity index (χ2v) is 13.3. The zero-order valence-electron chi connectivity index (χ0n) is 30.2. The van der Waals surface area contributed by atoms with Crippen molar-refractivity contribution in [3.63, 3.8) is 0 Å². The predicted octanol–water partition coefficient (Wildman–Crippen LogP) is -1.94. The Balaban J connectivity index is 1.42. The van der Waals surface area contributed by atoms with Crippen molar-refractivity contribution in [2.24, 2.45) is 0 Å². The Labute approximate surface area is 315 Å². The smallest absolute Gasteiger partial charge is 0.331 e. The SMILES string of the molecule is COc1cc(/C=C\C(=O)O[C@H]2[C@H](O[C@@H]3O[C@@H](C)[C@H](O)[C@@H](O)[C@H]3O)[C@@H](O)[C@H](OCCc3ccc(O)c(OC)c3)O[C@@H]2CO[C@@H]2OC[C@](O)(CO)[C@H]2O)ccc1O. The fourth-order valence-corrected chi connectivity index (χ4v) is 6.17. The number of methoxy groups -OCH3 is 2. The number of aromatic hydroxyl groups is 2. The lowest BCUT2D eigenvalue weighted by Crippen LogP contribution is -2.65. The number of carbonyl (C=O) groups is 1. The van der Waals surface area contributed by atoms with E-state index in [-0.39, 0.29) is 36.0 Å². The molecule has 2 aromatic rings. The molecule has 0 spiro atoms. The largest absolute Gasteiger partial charge is 0.504 e. The highest BCUT2D eigenvalue weighted by atomic mass is 16.8. The number of phenolic OH excluding ortho intramolecular Hbond substituents is 2. The third-order valence-corrected chi connectivity index (χ3v) is 9.50. The zero-order chi connectivity index (χ0) is 40.0. The van der Waals surface area contributed by atoms with Crippen LogP contribution < -0.4 is 9.47 Å². The molecule has 13 atom stereocenters. The summed E-state index contributed by atoms with van der Waals surface area (Å²) in [5.74, 6) is -0.847. The Morgan fingerprint density at radius 2 is 1.55 bits per heavy atom. The van der Waals surface area contributed by atoms with Crippen molar-refractivity contribution in [2.45, 2.75) is 92.8 Å². The minimum absolute atomic E-state index is 0.0767. The van der Waals surface area contributed by atoms with Crippen LogP contribution in [0, 0.1) is 0 Å². The lowest BCUT2D eigenvalue weighted by atomic mass is 9.96. The third-order valence-electron chi connectivity index (χ3n) is 9.50. The fraction of sp³-hybridized carbons (Fsp3) is 0.583. The first-order valence-corrected chi connectivity index (χ1v) is 17.4. The molecule has 306 valence electrons. The van der Waals surface area contributed by atoms with E-state index in [0.717, 1.165) is 6.08 Å². The van der Waals surface area contributed by atoms with Crippen molar-refractivity contribution in [3.8, 4) is 23.0 Å². The fourth-order valence-electron chi connectivity index (χ4n) is 6.17. The van der Waals surface area contributed by atoms with E-state index in [1.807, 2.05) is 0 Å². The summed E-state index contributed by atoms with van der Waals surface area (Å²) in [5, 5.41) is 93.8. The van der Waals surface area contributed by atoms with Gasteiger partial charge in [0.2, 0.25) is 0 Å². The van der Waals surface area contributed by atoms with E-state index in [9.17, 15) is 50.8 Å². The number of aliphatic hydroxyl groups excluding tert-OH is 6. The molecule has 0 saturated carbocycles. The Hall–Kier alpha value is -3.67. The zero-order valence-corrected chi connectivity index (χ0v) is 30.2. The molecular formula is C36H48O19. The normalized spacial score (nSPS) is 35.2. The lowest BCUT2D eigenvalue weighted by molar-refractivity contribution is -0.360. The molecule has 3 saturated heterocycles. The van der Waals surface area contributed by atoms with Gasteiger partial charge in [0.15, 0.2) is 48.0 Å². The lowest BCUT2D eigenvalue weighted by Gasteiger charge is -2.46. The van der Waals surface area contributed by atoms with Crippen LogP contribution >= 0.6 is 0 Å². The summed E-state index contributed by atoms with van der Waals surface area (Å²) in [4.78, 5) is 13.4. The number of ether oxygens (including phenoxy) is 9. The molecule has 3 heterocycles. The molecule has 19 nitrogen and oxygen atoms in total. The van der Waals surface area contributed by atoms with Crippen molar-refractivity contribution in [3.05, 3.63) is 53.6 Å². The molecule has 0 unspecified atom stereocenters. The van der Waals surface area contributed by atoms with Crippen molar-refractivity contribution < 1.29 is 93.4 Å². The molecule has 3 fully saturated rings. The molecule has 0 radical (unpaired) electrons. The molecule has 0 aliphatic carbocycles. The van der Waals surface area contributed by atoms with Gasteiger partial charge in [-0.1, -0.05) is 12.1 Å². The molecule has 55 heavy (non-hydrogen) atoms. The van der Waals surface area contributed by atoms with Crippen molar-refractivity contribution in [1.82, 2.24) is 0 Å². The van der Waals surface area contributed by atoms with Crippen LogP contribution in [-0.4, -0.2) is 172 Å². The number of phenols is 2. The van der Waals surface area contributed by atoms with Gasteiger partial charge in [-0.2, -0.15) is 0 Å². The number of esters is 1. The van der Waals surface area contributed by atoms with Crippen molar-refractivity contribution in [1.29, 1.82) is 0 Å². The number of aliphatic hydroxyl groups is 7. The van der Waals surface area contributed by atoms with E-state index in [4.69, 9.17) is 42.6 Å².